The molecule has 5 heteroatoms. The van der Waals surface area contributed by atoms with Crippen LogP contribution in [-0.4, -0.2) is 23.6 Å². The molecule has 1 fully saturated rings. The summed E-state index contributed by atoms with van der Waals surface area (Å²) in [5.74, 6) is 0.397. The molecule has 2 aromatic rings. The molecule has 0 spiro atoms. The summed E-state index contributed by atoms with van der Waals surface area (Å²) >= 11 is 11.9. The number of hydrogen-bond donors (Lipinski definition) is 0. The predicted molar refractivity (Wildman–Crippen MR) is 106 cm³/mol. The summed E-state index contributed by atoms with van der Waals surface area (Å²) in [6.45, 7) is 4.83. The van der Waals surface area contributed by atoms with Crippen molar-refractivity contribution >= 4 is 29.3 Å². The number of nitrogens with zero attached hydrogens (tertiary/aromatic N) is 1. The van der Waals surface area contributed by atoms with E-state index < -0.39 is 0 Å². The third-order valence-electron chi connectivity index (χ3n) is 5.08. The molecule has 2 aromatic carbocycles. The maximum Gasteiger partial charge on any atom is 0.410 e. The van der Waals surface area contributed by atoms with Gasteiger partial charge in [0, 0.05) is 10.0 Å². The molecule has 0 N–H and O–H groups in total. The van der Waals surface area contributed by atoms with Gasteiger partial charge in [0.25, 0.3) is 0 Å². The molecular weight excluding hydrogens is 369 g/mol. The number of benzene rings is 2. The first-order valence-electron chi connectivity index (χ1n) is 8.92. The number of carbonyl (C=O) groups excluding carboxylic acids is 1. The van der Waals surface area contributed by atoms with E-state index in [1.165, 1.54) is 5.56 Å². The van der Waals surface area contributed by atoms with Gasteiger partial charge in [0.1, 0.15) is 6.10 Å². The average molecular weight is 392 g/mol. The Morgan fingerprint density at radius 2 is 1.54 bits per heavy atom. The maximum absolute atomic E-state index is 12.3. The Bertz CT molecular complexity index is 746. The summed E-state index contributed by atoms with van der Waals surface area (Å²) < 4.78 is 5.59. The van der Waals surface area contributed by atoms with E-state index in [-0.39, 0.29) is 18.2 Å². The Labute approximate surface area is 164 Å². The van der Waals surface area contributed by atoms with Gasteiger partial charge in [0.2, 0.25) is 0 Å². The van der Waals surface area contributed by atoms with Crippen LogP contribution in [-0.2, 0) is 4.74 Å². The lowest BCUT2D eigenvalue weighted by molar-refractivity contribution is 0.124. The third-order valence-corrected chi connectivity index (χ3v) is 5.59. The van der Waals surface area contributed by atoms with Gasteiger partial charge in [-0.1, -0.05) is 54.4 Å². The van der Waals surface area contributed by atoms with Crippen molar-refractivity contribution in [1.82, 2.24) is 4.90 Å². The van der Waals surface area contributed by atoms with Crippen LogP contribution in [0.25, 0.3) is 0 Å². The van der Waals surface area contributed by atoms with Crippen LogP contribution >= 0.6 is 23.2 Å². The molecule has 0 unspecified atom stereocenters. The largest absolute Gasteiger partial charge is 0.444 e. The van der Waals surface area contributed by atoms with Crippen molar-refractivity contribution in [2.75, 3.05) is 6.54 Å². The van der Waals surface area contributed by atoms with E-state index in [0.29, 0.717) is 17.5 Å². The highest BCUT2D eigenvalue weighted by Crippen LogP contribution is 2.30. The van der Waals surface area contributed by atoms with Gasteiger partial charge in [-0.15, -0.1) is 0 Å². The van der Waals surface area contributed by atoms with E-state index in [0.717, 1.165) is 23.4 Å². The zero-order chi connectivity index (χ0) is 18.7. The number of amides is 1. The van der Waals surface area contributed by atoms with Gasteiger partial charge in [0.15, 0.2) is 0 Å². The van der Waals surface area contributed by atoms with Crippen LogP contribution in [0.15, 0.2) is 48.5 Å². The van der Waals surface area contributed by atoms with Crippen molar-refractivity contribution < 1.29 is 9.53 Å². The van der Waals surface area contributed by atoms with Gasteiger partial charge in [-0.2, -0.15) is 0 Å². The zero-order valence-electron chi connectivity index (χ0n) is 15.0. The molecule has 0 aromatic heterocycles. The first kappa shape index (κ1) is 19.1. The molecule has 3 nitrogen and oxygen atoms in total. The van der Waals surface area contributed by atoms with Crippen molar-refractivity contribution in [1.29, 1.82) is 0 Å². The number of cyclic esters (lactones) is 1. The van der Waals surface area contributed by atoms with Crippen LogP contribution in [0.2, 0.25) is 10.0 Å². The molecular formula is C21H23Cl2NO2. The number of hydrogen-bond acceptors (Lipinski definition) is 2. The Hall–Kier alpha value is -1.71. The highest BCUT2D eigenvalue weighted by Gasteiger charge is 2.34. The molecule has 0 bridgehead atoms. The molecule has 0 saturated carbocycles. The summed E-state index contributed by atoms with van der Waals surface area (Å²) in [7, 11) is 0. The quantitative estimate of drug-likeness (QED) is 0.565. The summed E-state index contributed by atoms with van der Waals surface area (Å²) in [4.78, 5) is 14.1. The second-order valence-electron chi connectivity index (χ2n) is 6.92. The van der Waals surface area contributed by atoms with E-state index in [1.54, 1.807) is 4.90 Å². The topological polar surface area (TPSA) is 29.5 Å². The molecule has 26 heavy (non-hydrogen) atoms. The SMILES string of the molecule is C[C@H](CC[C@H]1CN([C@@H](C)c2ccc(Cl)cc2)C(=O)O1)c1ccc(Cl)cc1. The Morgan fingerprint density at radius 1 is 1.00 bits per heavy atom. The fourth-order valence-electron chi connectivity index (χ4n) is 3.32. The van der Waals surface area contributed by atoms with Gasteiger partial charge >= 0.3 is 6.09 Å². The van der Waals surface area contributed by atoms with Crippen molar-refractivity contribution in [2.24, 2.45) is 0 Å². The minimum atomic E-state index is -0.239. The van der Waals surface area contributed by atoms with Gasteiger partial charge in [-0.25, -0.2) is 4.79 Å². The molecule has 1 aliphatic rings. The average Bonchev–Trinajstić information content (AvgIpc) is 3.01. The molecule has 138 valence electrons. The third kappa shape index (κ3) is 4.52. The van der Waals surface area contributed by atoms with Crippen LogP contribution in [0.4, 0.5) is 4.79 Å². The lowest BCUT2D eigenvalue weighted by Gasteiger charge is -2.22. The first-order valence-corrected chi connectivity index (χ1v) is 9.68. The molecule has 0 radical (unpaired) electrons. The minimum absolute atomic E-state index is 0.0292. The van der Waals surface area contributed by atoms with E-state index in [4.69, 9.17) is 27.9 Å². The number of rotatable bonds is 6. The van der Waals surface area contributed by atoms with E-state index >= 15 is 0 Å². The Balaban J connectivity index is 1.55. The van der Waals surface area contributed by atoms with E-state index in [2.05, 4.69) is 19.1 Å². The summed E-state index contributed by atoms with van der Waals surface area (Å²) in [5, 5.41) is 1.44. The van der Waals surface area contributed by atoms with Crippen LogP contribution in [0.3, 0.4) is 0 Å². The van der Waals surface area contributed by atoms with Crippen molar-refractivity contribution in [3.05, 3.63) is 69.7 Å². The molecule has 3 atom stereocenters. The highest BCUT2D eigenvalue weighted by atomic mass is 35.5. The maximum atomic E-state index is 12.3. The van der Waals surface area contributed by atoms with Gasteiger partial charge < -0.3 is 4.74 Å². The Morgan fingerprint density at radius 3 is 2.12 bits per heavy atom. The normalized spacial score (nSPS) is 19.3. The second-order valence-corrected chi connectivity index (χ2v) is 7.79. The van der Waals surface area contributed by atoms with Gasteiger partial charge in [-0.3, -0.25) is 4.90 Å². The number of carbonyl (C=O) groups is 1. The number of ether oxygens (including phenoxy) is 1. The first-order chi connectivity index (χ1) is 12.4. The molecule has 0 aliphatic carbocycles. The fraction of sp³-hybridized carbons (Fsp3) is 0.381. The molecule has 1 saturated heterocycles. The lowest BCUT2D eigenvalue weighted by atomic mass is 9.95. The highest BCUT2D eigenvalue weighted by molar-refractivity contribution is 6.30. The monoisotopic (exact) mass is 391 g/mol. The van der Waals surface area contributed by atoms with Crippen molar-refractivity contribution in [3.8, 4) is 0 Å². The van der Waals surface area contributed by atoms with E-state index in [1.807, 2.05) is 43.3 Å². The summed E-state index contributed by atoms with van der Waals surface area (Å²) in [6, 6.07) is 15.5. The number of halogens is 2. The molecule has 3 rings (SSSR count). The van der Waals surface area contributed by atoms with Gasteiger partial charge in [-0.05, 0) is 61.1 Å². The van der Waals surface area contributed by atoms with Gasteiger partial charge in [0.05, 0.1) is 12.6 Å². The summed E-state index contributed by atoms with van der Waals surface area (Å²) in [6.07, 6.45) is 1.51. The standard InChI is InChI=1S/C21H23Cl2NO2/c1-14(16-4-8-18(22)9-5-16)3-12-20-13-24(21(25)26-20)15(2)17-6-10-19(23)11-7-17/h4-11,14-15,20H,3,12-13H2,1-2H3/t14-,15+,20+/m1/s1. The molecule has 1 aliphatic heterocycles. The van der Waals surface area contributed by atoms with Crippen molar-refractivity contribution in [2.45, 2.75) is 44.8 Å². The van der Waals surface area contributed by atoms with E-state index in [9.17, 15) is 4.79 Å². The zero-order valence-corrected chi connectivity index (χ0v) is 16.5. The van der Waals surface area contributed by atoms with Crippen LogP contribution in [0.1, 0.15) is 49.8 Å². The predicted octanol–water partition coefficient (Wildman–Crippen LogP) is 6.46. The lowest BCUT2D eigenvalue weighted by Crippen LogP contribution is -2.28. The minimum Gasteiger partial charge on any atom is -0.444 e. The Kier molecular flexibility index (Phi) is 6.10. The smallest absolute Gasteiger partial charge is 0.410 e. The second kappa shape index (κ2) is 8.32. The van der Waals surface area contributed by atoms with Crippen molar-refractivity contribution in [3.63, 3.8) is 0 Å². The summed E-state index contributed by atoms with van der Waals surface area (Å²) in [5.41, 5.74) is 2.31. The van der Waals surface area contributed by atoms with Crippen LogP contribution in [0.5, 0.6) is 0 Å². The molecule has 1 heterocycles. The fourth-order valence-corrected chi connectivity index (χ4v) is 3.57. The van der Waals surface area contributed by atoms with Crippen LogP contribution < -0.4 is 0 Å². The molecule has 1 amide bonds. The van der Waals surface area contributed by atoms with Crippen LogP contribution in [0, 0.1) is 0 Å².